The minimum absolute atomic E-state index is 0.00430. The Labute approximate surface area is 90.9 Å². The van der Waals surface area contributed by atoms with E-state index < -0.39 is 6.10 Å². The zero-order valence-electron chi connectivity index (χ0n) is 9.31. The predicted octanol–water partition coefficient (Wildman–Crippen LogP) is 1.86. The van der Waals surface area contributed by atoms with E-state index in [-0.39, 0.29) is 6.04 Å². The van der Waals surface area contributed by atoms with E-state index >= 15 is 0 Å². The van der Waals surface area contributed by atoms with Gasteiger partial charge >= 0.3 is 0 Å². The second-order valence-corrected chi connectivity index (χ2v) is 3.73. The maximum atomic E-state index is 9.35. The lowest BCUT2D eigenvalue weighted by Gasteiger charge is -2.12. The Morgan fingerprint density at radius 3 is 2.80 bits per heavy atom. The number of hydrogen-bond donors (Lipinski definition) is 2. The molecule has 1 rings (SSSR count). The summed E-state index contributed by atoms with van der Waals surface area (Å²) in [7, 11) is 0. The Balaban J connectivity index is 2.58. The number of aliphatic hydroxyl groups is 1. The first-order chi connectivity index (χ1) is 7.13. The summed E-state index contributed by atoms with van der Waals surface area (Å²) in [6, 6.07) is 7.66. The maximum Gasteiger partial charge on any atom is 0.119 e. The molecule has 1 aromatic rings. The van der Waals surface area contributed by atoms with Crippen molar-refractivity contribution in [1.82, 2.24) is 0 Å². The van der Waals surface area contributed by atoms with Crippen molar-refractivity contribution in [2.75, 3.05) is 6.61 Å². The van der Waals surface area contributed by atoms with Gasteiger partial charge in [0.15, 0.2) is 0 Å². The van der Waals surface area contributed by atoms with Gasteiger partial charge in [-0.15, -0.1) is 0 Å². The summed E-state index contributed by atoms with van der Waals surface area (Å²) >= 11 is 0. The predicted molar refractivity (Wildman–Crippen MR) is 60.8 cm³/mol. The van der Waals surface area contributed by atoms with Crippen molar-refractivity contribution in [3.8, 4) is 5.75 Å². The van der Waals surface area contributed by atoms with Crippen LogP contribution in [0.15, 0.2) is 24.3 Å². The lowest BCUT2D eigenvalue weighted by Crippen LogP contribution is -2.16. The van der Waals surface area contributed by atoms with Crippen molar-refractivity contribution in [1.29, 1.82) is 0 Å². The van der Waals surface area contributed by atoms with Crippen LogP contribution in [0.2, 0.25) is 0 Å². The van der Waals surface area contributed by atoms with E-state index in [0.29, 0.717) is 13.0 Å². The summed E-state index contributed by atoms with van der Waals surface area (Å²) < 4.78 is 5.44. The van der Waals surface area contributed by atoms with Gasteiger partial charge in [-0.05, 0) is 31.0 Å². The van der Waals surface area contributed by atoms with Gasteiger partial charge in [0.1, 0.15) is 12.4 Å². The molecule has 0 radical (unpaired) electrons. The van der Waals surface area contributed by atoms with Gasteiger partial charge in [0, 0.05) is 6.04 Å². The van der Waals surface area contributed by atoms with Gasteiger partial charge in [-0.2, -0.15) is 0 Å². The van der Waals surface area contributed by atoms with Gasteiger partial charge in [0.05, 0.1) is 6.10 Å². The Hall–Kier alpha value is -1.06. The zero-order valence-corrected chi connectivity index (χ0v) is 9.31. The van der Waals surface area contributed by atoms with Crippen LogP contribution < -0.4 is 10.5 Å². The van der Waals surface area contributed by atoms with Crippen LogP contribution in [0.5, 0.6) is 5.75 Å². The Bertz CT molecular complexity index is 299. The molecule has 0 aromatic heterocycles. The fraction of sp³-hybridized carbons (Fsp3) is 0.500. The Morgan fingerprint density at radius 2 is 2.20 bits per heavy atom. The van der Waals surface area contributed by atoms with Crippen LogP contribution in [0.3, 0.4) is 0 Å². The third-order valence-electron chi connectivity index (χ3n) is 2.30. The van der Waals surface area contributed by atoms with Crippen LogP contribution in [0, 0.1) is 0 Å². The van der Waals surface area contributed by atoms with E-state index in [1.807, 2.05) is 38.1 Å². The molecule has 0 spiro atoms. The molecule has 0 saturated heterocycles. The van der Waals surface area contributed by atoms with Crippen LogP contribution in [-0.4, -0.2) is 17.8 Å². The summed E-state index contributed by atoms with van der Waals surface area (Å²) in [6.07, 6.45) is 0.302. The smallest absolute Gasteiger partial charge is 0.119 e. The van der Waals surface area contributed by atoms with E-state index in [0.717, 1.165) is 11.3 Å². The fourth-order valence-corrected chi connectivity index (χ4v) is 1.20. The second kappa shape index (κ2) is 5.73. The maximum absolute atomic E-state index is 9.35. The Kier molecular flexibility index (Phi) is 4.59. The Morgan fingerprint density at radius 1 is 1.47 bits per heavy atom. The van der Waals surface area contributed by atoms with Crippen LogP contribution in [0.1, 0.15) is 31.9 Å². The molecule has 1 aromatic carbocycles. The van der Waals surface area contributed by atoms with Crippen LogP contribution in [0.4, 0.5) is 0 Å². The quantitative estimate of drug-likeness (QED) is 0.778. The highest BCUT2D eigenvalue weighted by molar-refractivity contribution is 5.30. The molecule has 0 saturated carbocycles. The molecule has 0 bridgehead atoms. The van der Waals surface area contributed by atoms with Crippen molar-refractivity contribution in [2.24, 2.45) is 5.73 Å². The van der Waals surface area contributed by atoms with Crippen molar-refractivity contribution < 1.29 is 9.84 Å². The van der Waals surface area contributed by atoms with E-state index in [1.54, 1.807) is 0 Å². The average molecular weight is 209 g/mol. The van der Waals surface area contributed by atoms with Gasteiger partial charge in [0.25, 0.3) is 0 Å². The number of ether oxygens (including phenoxy) is 1. The molecular weight excluding hydrogens is 190 g/mol. The third kappa shape index (κ3) is 3.90. The summed E-state index contributed by atoms with van der Waals surface area (Å²) in [5.74, 6) is 0.761. The van der Waals surface area contributed by atoms with Gasteiger partial charge in [-0.25, -0.2) is 0 Å². The van der Waals surface area contributed by atoms with Gasteiger partial charge < -0.3 is 15.6 Å². The van der Waals surface area contributed by atoms with Crippen molar-refractivity contribution in [3.63, 3.8) is 0 Å². The molecule has 15 heavy (non-hydrogen) atoms. The average Bonchev–Trinajstić information content (AvgIpc) is 2.26. The third-order valence-corrected chi connectivity index (χ3v) is 2.30. The van der Waals surface area contributed by atoms with Gasteiger partial charge in [0.2, 0.25) is 0 Å². The van der Waals surface area contributed by atoms with Crippen LogP contribution in [0.25, 0.3) is 0 Å². The standard InChI is InChI=1S/C12H19NO2/c1-3-11(14)8-15-12-6-4-5-10(7-12)9(2)13/h4-7,9,11,14H,3,8,13H2,1-2H3. The van der Waals surface area contributed by atoms with Crippen LogP contribution in [-0.2, 0) is 0 Å². The summed E-state index contributed by atoms with van der Waals surface area (Å²) in [4.78, 5) is 0. The molecule has 3 heteroatoms. The van der Waals surface area contributed by atoms with Crippen molar-refractivity contribution in [2.45, 2.75) is 32.4 Å². The molecule has 0 heterocycles. The van der Waals surface area contributed by atoms with Crippen molar-refractivity contribution in [3.05, 3.63) is 29.8 Å². The lowest BCUT2D eigenvalue weighted by molar-refractivity contribution is 0.104. The molecule has 0 aliphatic rings. The molecule has 0 aliphatic carbocycles. The number of hydrogen-bond acceptors (Lipinski definition) is 3. The monoisotopic (exact) mass is 209 g/mol. The zero-order chi connectivity index (χ0) is 11.3. The number of rotatable bonds is 5. The van der Waals surface area contributed by atoms with E-state index in [9.17, 15) is 5.11 Å². The van der Waals surface area contributed by atoms with Gasteiger partial charge in [-0.3, -0.25) is 0 Å². The fourth-order valence-electron chi connectivity index (χ4n) is 1.20. The first-order valence-corrected chi connectivity index (χ1v) is 5.30. The molecule has 84 valence electrons. The summed E-state index contributed by atoms with van der Waals surface area (Å²) in [5, 5.41) is 9.35. The first kappa shape index (κ1) is 12.0. The molecular formula is C12H19NO2. The highest BCUT2D eigenvalue weighted by Gasteiger charge is 2.04. The molecule has 0 amide bonds. The molecule has 2 unspecified atom stereocenters. The number of benzene rings is 1. The normalized spacial score (nSPS) is 14.7. The second-order valence-electron chi connectivity index (χ2n) is 3.73. The van der Waals surface area contributed by atoms with E-state index in [1.165, 1.54) is 0 Å². The summed E-state index contributed by atoms with van der Waals surface area (Å²) in [5.41, 5.74) is 6.80. The summed E-state index contributed by atoms with van der Waals surface area (Å²) in [6.45, 7) is 4.19. The highest BCUT2D eigenvalue weighted by atomic mass is 16.5. The molecule has 3 N–H and O–H groups in total. The topological polar surface area (TPSA) is 55.5 Å². The number of nitrogens with two attached hydrogens (primary N) is 1. The largest absolute Gasteiger partial charge is 0.491 e. The number of aliphatic hydroxyl groups excluding tert-OH is 1. The van der Waals surface area contributed by atoms with Crippen LogP contribution >= 0.6 is 0 Å². The van der Waals surface area contributed by atoms with E-state index in [2.05, 4.69) is 0 Å². The lowest BCUT2D eigenvalue weighted by atomic mass is 10.1. The van der Waals surface area contributed by atoms with Crippen molar-refractivity contribution >= 4 is 0 Å². The SMILES string of the molecule is CCC(O)COc1cccc(C(C)N)c1. The highest BCUT2D eigenvalue weighted by Crippen LogP contribution is 2.17. The van der Waals surface area contributed by atoms with E-state index in [4.69, 9.17) is 10.5 Å². The molecule has 3 nitrogen and oxygen atoms in total. The first-order valence-electron chi connectivity index (χ1n) is 5.30. The minimum atomic E-state index is -0.399. The minimum Gasteiger partial charge on any atom is -0.491 e. The molecule has 2 atom stereocenters. The van der Waals surface area contributed by atoms with Gasteiger partial charge in [-0.1, -0.05) is 19.1 Å². The molecule has 0 aliphatic heterocycles. The molecule has 0 fully saturated rings.